The molecule has 0 N–H and O–H groups in total. The summed E-state index contributed by atoms with van der Waals surface area (Å²) >= 11 is 0. The number of fused-ring (bicyclic) bond motifs is 4. The maximum absolute atomic E-state index is 5.24. The highest BCUT2D eigenvalue weighted by Crippen LogP contribution is 2.35. The van der Waals surface area contributed by atoms with E-state index in [0.29, 0.717) is 17.5 Å². The number of aromatic nitrogens is 3. The molecule has 0 radical (unpaired) electrons. The van der Waals surface area contributed by atoms with Gasteiger partial charge in [-0.25, -0.2) is 15.0 Å². The van der Waals surface area contributed by atoms with Gasteiger partial charge in [-0.1, -0.05) is 171 Å². The van der Waals surface area contributed by atoms with Gasteiger partial charge in [0.25, 0.3) is 0 Å². The van der Waals surface area contributed by atoms with Crippen LogP contribution in [0.15, 0.2) is 164 Å². The van der Waals surface area contributed by atoms with Crippen LogP contribution in [0.3, 0.4) is 0 Å². The predicted octanol–water partition coefficient (Wildman–Crippen LogP) is 10.2. The molecular formula is C45H33N3Si. The van der Waals surface area contributed by atoms with Crippen LogP contribution in [0.4, 0.5) is 0 Å². The van der Waals surface area contributed by atoms with Crippen molar-refractivity contribution in [3.05, 3.63) is 164 Å². The summed E-state index contributed by atoms with van der Waals surface area (Å²) in [5.74, 6) is 2.05. The molecule has 0 saturated heterocycles. The van der Waals surface area contributed by atoms with Crippen molar-refractivity contribution in [3.63, 3.8) is 0 Å². The molecule has 1 aromatic heterocycles. The number of rotatable bonds is 5. The molecule has 0 atom stereocenters. The smallest absolute Gasteiger partial charge is 0.164 e. The summed E-state index contributed by atoms with van der Waals surface area (Å²) < 4.78 is 0. The molecule has 8 aromatic rings. The van der Waals surface area contributed by atoms with E-state index in [1.165, 1.54) is 37.8 Å². The molecule has 9 rings (SSSR count). The van der Waals surface area contributed by atoms with E-state index < -0.39 is 8.07 Å². The topological polar surface area (TPSA) is 38.7 Å². The summed E-state index contributed by atoms with van der Waals surface area (Å²) in [4.78, 5) is 15.6. The van der Waals surface area contributed by atoms with E-state index >= 15 is 0 Å². The minimum atomic E-state index is -2.02. The lowest BCUT2D eigenvalue weighted by molar-refractivity contribution is 1.08. The maximum Gasteiger partial charge on any atom is 0.164 e. The summed E-state index contributed by atoms with van der Waals surface area (Å²) in [5, 5.41) is 5.33. The minimum absolute atomic E-state index is 0.669. The number of hydrogen-bond donors (Lipinski definition) is 0. The second-order valence-electron chi connectivity index (χ2n) is 13.3. The molecule has 3 nitrogen and oxygen atoms in total. The Hall–Kier alpha value is -5.97. The molecule has 49 heavy (non-hydrogen) atoms. The van der Waals surface area contributed by atoms with Crippen LogP contribution in [0.5, 0.6) is 0 Å². The second kappa shape index (κ2) is 11.6. The first-order valence-electron chi connectivity index (χ1n) is 16.8. The van der Waals surface area contributed by atoms with Crippen molar-refractivity contribution in [2.24, 2.45) is 0 Å². The van der Waals surface area contributed by atoms with Gasteiger partial charge in [0, 0.05) is 16.7 Å². The first kappa shape index (κ1) is 29.2. The lowest BCUT2D eigenvalue weighted by Gasteiger charge is -2.22. The fraction of sp³-hybridized carbons (Fsp3) is 0.0444. The van der Waals surface area contributed by atoms with Crippen LogP contribution in [0.1, 0.15) is 0 Å². The molecule has 0 fully saturated rings. The SMILES string of the molecule is C[Si]1(C)c2ccccc2-c2cccc(-c3nc(-c4ccc(-c5cccc6ccccc56)cc4)nc(-c4cccc(-c5ccccc5)c4)n3)c21. The average Bonchev–Trinajstić information content (AvgIpc) is 3.41. The Morgan fingerprint density at radius 1 is 0.367 bits per heavy atom. The molecule has 0 saturated carbocycles. The van der Waals surface area contributed by atoms with Crippen LogP contribution in [0, 0.1) is 0 Å². The maximum atomic E-state index is 5.24. The third kappa shape index (κ3) is 5.00. The van der Waals surface area contributed by atoms with E-state index in [2.05, 4.69) is 171 Å². The Balaban J connectivity index is 1.21. The molecule has 1 aliphatic heterocycles. The average molecular weight is 644 g/mol. The first-order valence-corrected chi connectivity index (χ1v) is 19.8. The fourth-order valence-electron chi connectivity index (χ4n) is 7.53. The van der Waals surface area contributed by atoms with Gasteiger partial charge in [0.1, 0.15) is 8.07 Å². The summed E-state index contributed by atoms with van der Waals surface area (Å²) in [6.07, 6.45) is 0. The molecule has 1 aliphatic rings. The zero-order valence-electron chi connectivity index (χ0n) is 27.4. The van der Waals surface area contributed by atoms with Gasteiger partial charge in [0.15, 0.2) is 17.5 Å². The molecule has 7 aromatic carbocycles. The molecule has 232 valence electrons. The second-order valence-corrected chi connectivity index (χ2v) is 17.5. The van der Waals surface area contributed by atoms with Crippen molar-refractivity contribution in [3.8, 4) is 67.5 Å². The third-order valence-electron chi connectivity index (χ3n) is 9.93. The first-order chi connectivity index (χ1) is 24.0. The van der Waals surface area contributed by atoms with Crippen LogP contribution in [0.25, 0.3) is 78.3 Å². The highest BCUT2D eigenvalue weighted by molar-refractivity contribution is 7.04. The van der Waals surface area contributed by atoms with E-state index in [1.807, 2.05) is 6.07 Å². The van der Waals surface area contributed by atoms with Gasteiger partial charge in [-0.05, 0) is 60.6 Å². The van der Waals surface area contributed by atoms with Crippen molar-refractivity contribution < 1.29 is 0 Å². The van der Waals surface area contributed by atoms with Crippen molar-refractivity contribution in [1.82, 2.24) is 15.0 Å². The van der Waals surface area contributed by atoms with Crippen LogP contribution < -0.4 is 10.4 Å². The van der Waals surface area contributed by atoms with Gasteiger partial charge >= 0.3 is 0 Å². The van der Waals surface area contributed by atoms with Crippen molar-refractivity contribution in [1.29, 1.82) is 0 Å². The molecule has 0 unspecified atom stereocenters. The van der Waals surface area contributed by atoms with E-state index in [9.17, 15) is 0 Å². The zero-order valence-corrected chi connectivity index (χ0v) is 28.4. The highest BCUT2D eigenvalue weighted by atomic mass is 28.3. The lowest BCUT2D eigenvalue weighted by atomic mass is 9.97. The number of nitrogens with zero attached hydrogens (tertiary/aromatic N) is 3. The Morgan fingerprint density at radius 2 is 0.918 bits per heavy atom. The summed E-state index contributed by atoms with van der Waals surface area (Å²) in [6, 6.07) is 58.2. The summed E-state index contributed by atoms with van der Waals surface area (Å²) in [7, 11) is -2.02. The van der Waals surface area contributed by atoms with Gasteiger partial charge in [0.2, 0.25) is 0 Å². The zero-order chi connectivity index (χ0) is 33.0. The van der Waals surface area contributed by atoms with E-state index in [0.717, 1.165) is 33.4 Å². The van der Waals surface area contributed by atoms with Crippen LogP contribution in [-0.2, 0) is 0 Å². The predicted molar refractivity (Wildman–Crippen MR) is 207 cm³/mol. The Morgan fingerprint density at radius 3 is 1.78 bits per heavy atom. The van der Waals surface area contributed by atoms with Crippen molar-refractivity contribution >= 4 is 29.2 Å². The lowest BCUT2D eigenvalue weighted by Crippen LogP contribution is -2.50. The van der Waals surface area contributed by atoms with Gasteiger partial charge in [-0.3, -0.25) is 0 Å². The van der Waals surface area contributed by atoms with Crippen molar-refractivity contribution in [2.75, 3.05) is 0 Å². The standard InChI is InChI=1S/C45H33N3Si/c1-49(2)41-24-9-8-20-38(41)39-22-12-23-40(42(39)49)45-47-43(46-44(48-45)35-18-10-17-34(29-35)30-13-4-3-5-14-30)33-27-25-32(26-28-33)37-21-11-16-31-15-6-7-19-36(31)37/h3-29H,1-2H3. The van der Waals surface area contributed by atoms with E-state index in [-0.39, 0.29) is 0 Å². The quantitative estimate of drug-likeness (QED) is 0.175. The summed E-state index contributed by atoms with van der Waals surface area (Å²) in [5.41, 5.74) is 10.3. The molecule has 4 heteroatoms. The monoisotopic (exact) mass is 643 g/mol. The number of hydrogen-bond acceptors (Lipinski definition) is 3. The van der Waals surface area contributed by atoms with Crippen LogP contribution in [0.2, 0.25) is 13.1 Å². The molecule has 0 amide bonds. The van der Waals surface area contributed by atoms with E-state index in [4.69, 9.17) is 15.0 Å². The van der Waals surface area contributed by atoms with Gasteiger partial charge in [0.05, 0.1) is 0 Å². The molecule has 0 spiro atoms. The van der Waals surface area contributed by atoms with Crippen molar-refractivity contribution in [2.45, 2.75) is 13.1 Å². The molecular weight excluding hydrogens is 611 g/mol. The van der Waals surface area contributed by atoms with Gasteiger partial charge in [-0.2, -0.15) is 0 Å². The Kier molecular flexibility index (Phi) is 6.92. The minimum Gasteiger partial charge on any atom is -0.208 e. The molecule has 0 aliphatic carbocycles. The van der Waals surface area contributed by atoms with Gasteiger partial charge in [-0.15, -0.1) is 0 Å². The van der Waals surface area contributed by atoms with Gasteiger partial charge < -0.3 is 0 Å². The largest absolute Gasteiger partial charge is 0.208 e. The van der Waals surface area contributed by atoms with Crippen LogP contribution in [-0.4, -0.2) is 23.0 Å². The highest BCUT2D eigenvalue weighted by Gasteiger charge is 2.39. The Bertz CT molecular complexity index is 2510. The molecule has 0 bridgehead atoms. The third-order valence-corrected chi connectivity index (χ3v) is 13.5. The normalized spacial score (nSPS) is 12.9. The fourth-order valence-corrected chi connectivity index (χ4v) is 11.0. The number of benzene rings is 7. The van der Waals surface area contributed by atoms with E-state index in [1.54, 1.807) is 0 Å². The Labute approximate surface area is 287 Å². The van der Waals surface area contributed by atoms with Crippen LogP contribution >= 0.6 is 0 Å². The molecule has 2 heterocycles. The summed E-state index contributed by atoms with van der Waals surface area (Å²) in [6.45, 7) is 4.89.